The minimum atomic E-state index is 0.498. The van der Waals surface area contributed by atoms with E-state index in [1.165, 1.54) is 31.5 Å². The zero-order valence-electron chi connectivity index (χ0n) is 13.4. The number of thiazole rings is 1. The van der Waals surface area contributed by atoms with Gasteiger partial charge in [0.1, 0.15) is 0 Å². The first-order chi connectivity index (χ1) is 9.50. The van der Waals surface area contributed by atoms with Crippen LogP contribution in [0.25, 0.3) is 0 Å². The van der Waals surface area contributed by atoms with Crippen molar-refractivity contribution in [1.29, 1.82) is 0 Å². The Morgan fingerprint density at radius 3 is 2.95 bits per heavy atom. The largest absolute Gasteiger partial charge is 0.314 e. The summed E-state index contributed by atoms with van der Waals surface area (Å²) < 4.78 is 0. The molecule has 3 nitrogen and oxygen atoms in total. The Morgan fingerprint density at radius 1 is 1.50 bits per heavy atom. The van der Waals surface area contributed by atoms with Gasteiger partial charge in [-0.3, -0.25) is 0 Å². The maximum atomic E-state index is 4.39. The fourth-order valence-electron chi connectivity index (χ4n) is 3.52. The molecule has 1 N–H and O–H groups in total. The van der Waals surface area contributed by atoms with E-state index in [4.69, 9.17) is 0 Å². The first-order valence-corrected chi connectivity index (χ1v) is 8.73. The molecule has 0 aromatic carbocycles. The molecular formula is C16H29N3S. The zero-order valence-corrected chi connectivity index (χ0v) is 14.2. The summed E-state index contributed by atoms with van der Waals surface area (Å²) in [6, 6.07) is 0.686. The third-order valence-electron chi connectivity index (χ3n) is 4.44. The van der Waals surface area contributed by atoms with Gasteiger partial charge >= 0.3 is 0 Å². The molecule has 0 amide bonds. The van der Waals surface area contributed by atoms with Crippen LogP contribution in [0, 0.1) is 11.3 Å². The monoisotopic (exact) mass is 295 g/mol. The Labute approximate surface area is 127 Å². The van der Waals surface area contributed by atoms with Crippen molar-refractivity contribution in [3.63, 3.8) is 0 Å². The average Bonchev–Trinajstić information content (AvgIpc) is 2.85. The number of nitrogens with one attached hydrogen (secondary N) is 1. The Morgan fingerprint density at radius 2 is 2.30 bits per heavy atom. The second kappa shape index (κ2) is 7.01. The molecule has 0 aliphatic heterocycles. The summed E-state index contributed by atoms with van der Waals surface area (Å²) in [6.07, 6.45) is 3.99. The van der Waals surface area contributed by atoms with Crippen LogP contribution in [0.4, 0.5) is 0 Å². The third kappa shape index (κ3) is 4.54. The lowest BCUT2D eigenvalue weighted by Gasteiger charge is -2.42. The van der Waals surface area contributed by atoms with Gasteiger partial charge in [0.25, 0.3) is 0 Å². The second-order valence-corrected chi connectivity index (χ2v) is 7.73. The van der Waals surface area contributed by atoms with Crippen molar-refractivity contribution in [3.8, 4) is 0 Å². The highest BCUT2D eigenvalue weighted by molar-refractivity contribution is 7.07. The number of hydrogen-bond donors (Lipinski definition) is 1. The zero-order chi connectivity index (χ0) is 14.6. The predicted molar refractivity (Wildman–Crippen MR) is 87.0 cm³/mol. The first kappa shape index (κ1) is 15.9. The van der Waals surface area contributed by atoms with Crippen LogP contribution in [0.2, 0.25) is 0 Å². The molecule has 4 heteroatoms. The summed E-state index contributed by atoms with van der Waals surface area (Å²) in [7, 11) is 2.23. The van der Waals surface area contributed by atoms with E-state index in [1.807, 2.05) is 5.51 Å². The molecular weight excluding hydrogens is 266 g/mol. The summed E-state index contributed by atoms with van der Waals surface area (Å²) in [5, 5.41) is 5.85. The van der Waals surface area contributed by atoms with Gasteiger partial charge in [-0.15, -0.1) is 11.3 Å². The van der Waals surface area contributed by atoms with Crippen molar-refractivity contribution >= 4 is 11.3 Å². The molecule has 1 saturated carbocycles. The van der Waals surface area contributed by atoms with Crippen molar-refractivity contribution in [1.82, 2.24) is 15.2 Å². The molecule has 1 aliphatic carbocycles. The minimum absolute atomic E-state index is 0.498. The van der Waals surface area contributed by atoms with Crippen molar-refractivity contribution in [3.05, 3.63) is 16.6 Å². The van der Waals surface area contributed by atoms with Gasteiger partial charge in [-0.25, -0.2) is 4.98 Å². The molecule has 2 rings (SSSR count). The van der Waals surface area contributed by atoms with E-state index >= 15 is 0 Å². The molecule has 2 unspecified atom stereocenters. The molecule has 1 aliphatic rings. The SMILES string of the molecule is CCNC1CCC(C)(C)CC1CN(C)Cc1cscn1. The van der Waals surface area contributed by atoms with Crippen LogP contribution >= 0.6 is 11.3 Å². The topological polar surface area (TPSA) is 28.2 Å². The molecule has 1 fully saturated rings. The Kier molecular flexibility index (Phi) is 5.58. The van der Waals surface area contributed by atoms with Gasteiger partial charge in [-0.05, 0) is 44.2 Å². The number of hydrogen-bond acceptors (Lipinski definition) is 4. The van der Waals surface area contributed by atoms with Crippen LogP contribution in [0.15, 0.2) is 10.9 Å². The van der Waals surface area contributed by atoms with E-state index < -0.39 is 0 Å². The van der Waals surface area contributed by atoms with E-state index in [0.29, 0.717) is 11.5 Å². The van der Waals surface area contributed by atoms with Crippen LogP contribution in [0.1, 0.15) is 45.7 Å². The maximum absolute atomic E-state index is 4.39. The lowest BCUT2D eigenvalue weighted by Crippen LogP contribution is -2.46. The molecule has 1 aromatic heterocycles. The Bertz CT molecular complexity index is 388. The number of aromatic nitrogens is 1. The van der Waals surface area contributed by atoms with E-state index in [2.05, 4.69) is 48.4 Å². The lowest BCUT2D eigenvalue weighted by molar-refractivity contribution is 0.107. The van der Waals surface area contributed by atoms with Gasteiger partial charge in [-0.1, -0.05) is 20.8 Å². The highest BCUT2D eigenvalue weighted by Gasteiger charge is 2.34. The van der Waals surface area contributed by atoms with Crippen molar-refractivity contribution < 1.29 is 0 Å². The molecule has 0 bridgehead atoms. The normalized spacial score (nSPS) is 26.1. The van der Waals surface area contributed by atoms with E-state index in [1.54, 1.807) is 11.3 Å². The fourth-order valence-corrected chi connectivity index (χ4v) is 4.07. The molecule has 1 aromatic rings. The highest BCUT2D eigenvalue weighted by atomic mass is 32.1. The lowest BCUT2D eigenvalue weighted by atomic mass is 9.69. The highest BCUT2D eigenvalue weighted by Crippen LogP contribution is 2.39. The van der Waals surface area contributed by atoms with Gasteiger partial charge in [0.05, 0.1) is 11.2 Å². The van der Waals surface area contributed by atoms with E-state index in [0.717, 1.165) is 19.0 Å². The van der Waals surface area contributed by atoms with Crippen LogP contribution in [-0.2, 0) is 6.54 Å². The number of nitrogens with zero attached hydrogens (tertiary/aromatic N) is 2. The van der Waals surface area contributed by atoms with Gasteiger partial charge < -0.3 is 10.2 Å². The minimum Gasteiger partial charge on any atom is -0.314 e. The summed E-state index contributed by atoms with van der Waals surface area (Å²) >= 11 is 1.69. The third-order valence-corrected chi connectivity index (χ3v) is 5.08. The first-order valence-electron chi connectivity index (χ1n) is 7.79. The number of rotatable bonds is 6. The van der Waals surface area contributed by atoms with Crippen molar-refractivity contribution in [2.45, 2.75) is 52.6 Å². The van der Waals surface area contributed by atoms with Crippen molar-refractivity contribution in [2.24, 2.45) is 11.3 Å². The van der Waals surface area contributed by atoms with Crippen LogP contribution in [-0.4, -0.2) is 36.1 Å². The molecule has 0 radical (unpaired) electrons. The van der Waals surface area contributed by atoms with E-state index in [9.17, 15) is 0 Å². The molecule has 0 spiro atoms. The molecule has 2 atom stereocenters. The van der Waals surface area contributed by atoms with Crippen LogP contribution < -0.4 is 5.32 Å². The van der Waals surface area contributed by atoms with Gasteiger partial charge in [0.2, 0.25) is 0 Å². The summed E-state index contributed by atoms with van der Waals surface area (Å²) in [4.78, 5) is 6.83. The predicted octanol–water partition coefficient (Wildman–Crippen LogP) is 3.38. The van der Waals surface area contributed by atoms with Crippen LogP contribution in [0.3, 0.4) is 0 Å². The van der Waals surface area contributed by atoms with Gasteiger partial charge in [-0.2, -0.15) is 0 Å². The second-order valence-electron chi connectivity index (χ2n) is 7.01. The Hall–Kier alpha value is -0.450. The summed E-state index contributed by atoms with van der Waals surface area (Å²) in [5.41, 5.74) is 3.62. The van der Waals surface area contributed by atoms with E-state index in [-0.39, 0.29) is 0 Å². The standard InChI is InChI=1S/C16H29N3S/c1-5-17-15-6-7-16(2,3)8-13(15)9-19(4)10-14-11-20-12-18-14/h11-13,15,17H,5-10H2,1-4H3. The summed E-state index contributed by atoms with van der Waals surface area (Å²) in [5.74, 6) is 0.752. The molecule has 1 heterocycles. The average molecular weight is 295 g/mol. The molecule has 114 valence electrons. The fraction of sp³-hybridized carbons (Fsp3) is 0.812. The smallest absolute Gasteiger partial charge is 0.0795 e. The molecule has 0 saturated heterocycles. The maximum Gasteiger partial charge on any atom is 0.0795 e. The summed E-state index contributed by atoms with van der Waals surface area (Å²) in [6.45, 7) is 10.3. The van der Waals surface area contributed by atoms with Crippen molar-refractivity contribution in [2.75, 3.05) is 20.1 Å². The van der Waals surface area contributed by atoms with Crippen LogP contribution in [0.5, 0.6) is 0 Å². The van der Waals surface area contributed by atoms with Gasteiger partial charge in [0.15, 0.2) is 0 Å². The Balaban J connectivity index is 1.92. The molecule has 20 heavy (non-hydrogen) atoms. The van der Waals surface area contributed by atoms with Gasteiger partial charge in [0, 0.05) is 24.5 Å². The quantitative estimate of drug-likeness (QED) is 0.872.